The second kappa shape index (κ2) is 4.46. The van der Waals surface area contributed by atoms with Crippen LogP contribution in [0.5, 0.6) is 0 Å². The van der Waals surface area contributed by atoms with Crippen molar-refractivity contribution in [2.45, 2.75) is 0 Å². The number of hydrogen-bond acceptors (Lipinski definition) is 3. The molecule has 0 aliphatic heterocycles. The van der Waals surface area contributed by atoms with Gasteiger partial charge in [-0.1, -0.05) is 0 Å². The Labute approximate surface area is 58.1 Å². The standard InChI is InChI=1S/C4H10N2O2S/c1-9-6(2-3-7)4(5)8/h7H,2-3H2,1H3,(H2,5,8). The van der Waals surface area contributed by atoms with Crippen molar-refractivity contribution in [3.05, 3.63) is 0 Å². The first-order chi connectivity index (χ1) is 4.22. The zero-order valence-corrected chi connectivity index (χ0v) is 6.02. The summed E-state index contributed by atoms with van der Waals surface area (Å²) in [5.74, 6) is 0. The molecule has 0 saturated carbocycles. The molecule has 0 unspecified atom stereocenters. The molecule has 0 bridgehead atoms. The van der Waals surface area contributed by atoms with E-state index in [-0.39, 0.29) is 13.2 Å². The predicted molar refractivity (Wildman–Crippen MR) is 36.9 cm³/mol. The molecule has 54 valence electrons. The quantitative estimate of drug-likeness (QED) is 0.540. The second-order valence-electron chi connectivity index (χ2n) is 1.35. The topological polar surface area (TPSA) is 66.6 Å². The van der Waals surface area contributed by atoms with Crippen LogP contribution in [-0.2, 0) is 0 Å². The molecule has 0 aromatic rings. The van der Waals surface area contributed by atoms with Crippen molar-refractivity contribution in [1.82, 2.24) is 4.31 Å². The Morgan fingerprint density at radius 2 is 2.44 bits per heavy atom. The van der Waals surface area contributed by atoms with Crippen LogP contribution in [0.15, 0.2) is 0 Å². The molecule has 3 N–H and O–H groups in total. The van der Waals surface area contributed by atoms with E-state index in [2.05, 4.69) is 0 Å². The van der Waals surface area contributed by atoms with Crippen molar-refractivity contribution in [2.24, 2.45) is 5.73 Å². The number of primary amides is 1. The highest BCUT2D eigenvalue weighted by molar-refractivity contribution is 7.96. The minimum atomic E-state index is -0.517. The maximum Gasteiger partial charge on any atom is 0.324 e. The van der Waals surface area contributed by atoms with Gasteiger partial charge < -0.3 is 10.8 Å². The van der Waals surface area contributed by atoms with Crippen molar-refractivity contribution in [3.63, 3.8) is 0 Å². The van der Waals surface area contributed by atoms with Gasteiger partial charge in [0.15, 0.2) is 0 Å². The van der Waals surface area contributed by atoms with E-state index in [1.165, 1.54) is 16.3 Å². The summed E-state index contributed by atoms with van der Waals surface area (Å²) >= 11 is 1.20. The van der Waals surface area contributed by atoms with E-state index in [0.29, 0.717) is 0 Å². The van der Waals surface area contributed by atoms with Crippen LogP contribution in [0.1, 0.15) is 0 Å². The average molecular weight is 150 g/mol. The van der Waals surface area contributed by atoms with Crippen LogP contribution in [0.2, 0.25) is 0 Å². The fourth-order valence-electron chi connectivity index (χ4n) is 0.382. The van der Waals surface area contributed by atoms with E-state index >= 15 is 0 Å². The highest BCUT2D eigenvalue weighted by Gasteiger charge is 2.04. The molecule has 0 heterocycles. The number of aliphatic hydroxyl groups excluding tert-OH is 1. The monoisotopic (exact) mass is 150 g/mol. The molecule has 0 aromatic heterocycles. The van der Waals surface area contributed by atoms with E-state index in [9.17, 15) is 4.79 Å². The summed E-state index contributed by atoms with van der Waals surface area (Å²) in [6.07, 6.45) is 1.72. The Balaban J connectivity index is 3.54. The summed E-state index contributed by atoms with van der Waals surface area (Å²) in [5, 5.41) is 8.35. The summed E-state index contributed by atoms with van der Waals surface area (Å²) in [5.41, 5.74) is 4.89. The van der Waals surface area contributed by atoms with Gasteiger partial charge in [-0.2, -0.15) is 0 Å². The molecule has 0 rings (SSSR count). The van der Waals surface area contributed by atoms with Crippen LogP contribution in [0, 0.1) is 0 Å². The molecule has 0 aliphatic rings. The van der Waals surface area contributed by atoms with Crippen molar-refractivity contribution in [2.75, 3.05) is 19.4 Å². The number of carbonyl (C=O) groups excluding carboxylic acids is 1. The first-order valence-electron chi connectivity index (χ1n) is 2.44. The molecule has 2 amide bonds. The Kier molecular flexibility index (Phi) is 4.25. The molecule has 5 heteroatoms. The largest absolute Gasteiger partial charge is 0.394 e. The zero-order valence-electron chi connectivity index (χ0n) is 5.20. The Morgan fingerprint density at radius 3 is 2.56 bits per heavy atom. The summed E-state index contributed by atoms with van der Waals surface area (Å²) in [6, 6.07) is -0.517. The van der Waals surface area contributed by atoms with Gasteiger partial charge >= 0.3 is 6.03 Å². The number of rotatable bonds is 3. The molecule has 9 heavy (non-hydrogen) atoms. The molecule has 0 aromatic carbocycles. The third-order valence-corrected chi connectivity index (χ3v) is 1.57. The van der Waals surface area contributed by atoms with E-state index < -0.39 is 6.03 Å². The van der Waals surface area contributed by atoms with Crippen molar-refractivity contribution >= 4 is 18.0 Å². The highest BCUT2D eigenvalue weighted by Crippen LogP contribution is 2.01. The van der Waals surface area contributed by atoms with Crippen molar-refractivity contribution < 1.29 is 9.90 Å². The molecular formula is C4H10N2O2S. The van der Waals surface area contributed by atoms with Gasteiger partial charge in [0.1, 0.15) is 0 Å². The van der Waals surface area contributed by atoms with Crippen LogP contribution in [0.25, 0.3) is 0 Å². The highest BCUT2D eigenvalue weighted by atomic mass is 32.2. The summed E-state index contributed by atoms with van der Waals surface area (Å²) in [6.45, 7) is 0.236. The molecular weight excluding hydrogens is 140 g/mol. The normalized spacial score (nSPS) is 9.11. The number of amides is 2. The van der Waals surface area contributed by atoms with Gasteiger partial charge in [0.05, 0.1) is 13.2 Å². The van der Waals surface area contributed by atoms with Crippen LogP contribution >= 0.6 is 11.9 Å². The maximum absolute atomic E-state index is 10.3. The Morgan fingerprint density at radius 1 is 1.89 bits per heavy atom. The van der Waals surface area contributed by atoms with Gasteiger partial charge in [0.25, 0.3) is 0 Å². The van der Waals surface area contributed by atoms with Crippen LogP contribution < -0.4 is 5.73 Å². The van der Waals surface area contributed by atoms with Crippen molar-refractivity contribution in [3.8, 4) is 0 Å². The van der Waals surface area contributed by atoms with Gasteiger partial charge in [-0.3, -0.25) is 4.31 Å². The van der Waals surface area contributed by atoms with E-state index in [1.54, 1.807) is 6.26 Å². The lowest BCUT2D eigenvalue weighted by Crippen LogP contribution is -2.31. The van der Waals surface area contributed by atoms with Crippen molar-refractivity contribution in [1.29, 1.82) is 0 Å². The molecule has 0 atom stereocenters. The number of aliphatic hydroxyl groups is 1. The minimum absolute atomic E-state index is 0.0518. The number of urea groups is 1. The first-order valence-corrected chi connectivity index (χ1v) is 3.62. The summed E-state index contributed by atoms with van der Waals surface area (Å²) < 4.78 is 1.28. The molecule has 0 aliphatic carbocycles. The smallest absolute Gasteiger partial charge is 0.324 e. The van der Waals surface area contributed by atoms with Crippen LogP contribution in [0.4, 0.5) is 4.79 Å². The first kappa shape index (κ1) is 8.58. The number of nitrogens with two attached hydrogens (primary N) is 1. The van der Waals surface area contributed by atoms with Gasteiger partial charge in [-0.15, -0.1) is 0 Å². The van der Waals surface area contributed by atoms with Gasteiger partial charge in [-0.05, 0) is 11.9 Å². The summed E-state index contributed by atoms with van der Waals surface area (Å²) in [4.78, 5) is 10.3. The van der Waals surface area contributed by atoms with Gasteiger partial charge in [-0.25, -0.2) is 4.79 Å². The lowest BCUT2D eigenvalue weighted by atomic mass is 10.7. The van der Waals surface area contributed by atoms with E-state index in [0.717, 1.165) is 0 Å². The molecule has 0 saturated heterocycles. The number of carbonyl (C=O) groups is 1. The fraction of sp³-hybridized carbons (Fsp3) is 0.750. The lowest BCUT2D eigenvalue weighted by molar-refractivity contribution is 0.221. The average Bonchev–Trinajstić information content (AvgIpc) is 1.82. The summed E-state index contributed by atoms with van der Waals surface area (Å²) in [7, 11) is 0. The number of hydrogen-bond donors (Lipinski definition) is 2. The van der Waals surface area contributed by atoms with E-state index in [4.69, 9.17) is 10.8 Å². The zero-order chi connectivity index (χ0) is 7.28. The SMILES string of the molecule is CSN(CCO)C(N)=O. The molecule has 0 fully saturated rings. The second-order valence-corrected chi connectivity index (χ2v) is 2.15. The third kappa shape index (κ3) is 3.21. The molecule has 0 spiro atoms. The lowest BCUT2D eigenvalue weighted by Gasteiger charge is -2.13. The van der Waals surface area contributed by atoms with Gasteiger partial charge in [0, 0.05) is 6.26 Å². The molecule has 0 radical (unpaired) electrons. The van der Waals surface area contributed by atoms with E-state index in [1.807, 2.05) is 0 Å². The van der Waals surface area contributed by atoms with Crippen LogP contribution in [-0.4, -0.2) is 34.9 Å². The molecule has 4 nitrogen and oxygen atoms in total. The van der Waals surface area contributed by atoms with Gasteiger partial charge in [0.2, 0.25) is 0 Å². The third-order valence-electron chi connectivity index (χ3n) is 0.769. The Bertz CT molecular complexity index is 98.6. The number of nitrogens with zero attached hydrogens (tertiary/aromatic N) is 1. The van der Waals surface area contributed by atoms with Crippen LogP contribution in [0.3, 0.4) is 0 Å². The minimum Gasteiger partial charge on any atom is -0.394 e. The predicted octanol–water partition coefficient (Wildman–Crippen LogP) is -0.363. The Hall–Kier alpha value is -0.420. The maximum atomic E-state index is 10.3. The fourth-order valence-corrected chi connectivity index (χ4v) is 0.826.